The first-order valence-corrected chi connectivity index (χ1v) is 7.76. The average Bonchev–Trinajstić information content (AvgIpc) is 3.10. The minimum atomic E-state index is -0.422. The molecule has 0 unspecified atom stereocenters. The number of benzene rings is 1. The number of aryl methyl sites for hydroxylation is 1. The van der Waals surface area contributed by atoms with Gasteiger partial charge in [0.15, 0.2) is 5.69 Å². The maximum absolute atomic E-state index is 12.0. The van der Waals surface area contributed by atoms with Gasteiger partial charge in [-0.2, -0.15) is 0 Å². The Balaban J connectivity index is 1.78. The average molecular weight is 301 g/mol. The molecule has 3 aromatic rings. The van der Waals surface area contributed by atoms with Gasteiger partial charge in [0, 0.05) is 5.38 Å². The number of carbonyl (C=O) groups is 1. The zero-order valence-corrected chi connectivity index (χ0v) is 12.3. The fourth-order valence-electron chi connectivity index (χ4n) is 1.72. The van der Waals surface area contributed by atoms with Crippen LogP contribution in [0.3, 0.4) is 0 Å². The van der Waals surface area contributed by atoms with Crippen molar-refractivity contribution < 1.29 is 9.53 Å². The molecule has 5 heteroatoms. The van der Waals surface area contributed by atoms with Crippen molar-refractivity contribution in [1.82, 2.24) is 4.98 Å². The van der Waals surface area contributed by atoms with Crippen LogP contribution in [0.2, 0.25) is 0 Å². The maximum Gasteiger partial charge on any atom is 0.363 e. The molecule has 0 N–H and O–H groups in total. The van der Waals surface area contributed by atoms with Crippen molar-refractivity contribution in [3.63, 3.8) is 0 Å². The smallest absolute Gasteiger partial charge is 0.363 e. The molecule has 3 nitrogen and oxygen atoms in total. The number of ether oxygens (including phenoxy) is 1. The van der Waals surface area contributed by atoms with Crippen molar-refractivity contribution >= 4 is 28.6 Å². The third-order valence-corrected chi connectivity index (χ3v) is 4.53. The minimum Gasteiger partial charge on any atom is -0.422 e. The molecule has 0 atom stereocenters. The molecule has 0 radical (unpaired) electrons. The lowest BCUT2D eigenvalue weighted by Crippen LogP contribution is -2.08. The highest BCUT2D eigenvalue weighted by molar-refractivity contribution is 7.20. The van der Waals surface area contributed by atoms with Crippen LogP contribution in [0.4, 0.5) is 0 Å². The molecule has 0 aliphatic rings. The third-order valence-electron chi connectivity index (χ3n) is 2.65. The number of carbonyl (C=O) groups excluding carboxylic acids is 1. The van der Waals surface area contributed by atoms with Crippen LogP contribution >= 0.6 is 22.7 Å². The standard InChI is InChI=1S/C15H11NO2S2/c1-10-4-2-5-11(8-10)18-15(17)12-9-20-14(16-12)13-6-3-7-19-13/h2-9H,1H3. The Kier molecular flexibility index (Phi) is 3.62. The number of rotatable bonds is 3. The zero-order valence-electron chi connectivity index (χ0n) is 10.7. The molecule has 0 saturated carbocycles. The molecular weight excluding hydrogens is 290 g/mol. The number of aromatic nitrogens is 1. The number of thiazole rings is 1. The molecule has 0 spiro atoms. The molecule has 20 heavy (non-hydrogen) atoms. The van der Waals surface area contributed by atoms with Crippen molar-refractivity contribution in [3.05, 3.63) is 58.4 Å². The molecule has 1 aromatic carbocycles. The van der Waals surface area contributed by atoms with Crippen LogP contribution in [-0.4, -0.2) is 11.0 Å². The van der Waals surface area contributed by atoms with Gasteiger partial charge in [-0.15, -0.1) is 22.7 Å². The molecular formula is C15H11NO2S2. The number of thiophene rings is 1. The van der Waals surface area contributed by atoms with E-state index in [1.54, 1.807) is 22.8 Å². The van der Waals surface area contributed by atoms with Crippen LogP contribution in [-0.2, 0) is 0 Å². The molecule has 0 bridgehead atoms. The summed E-state index contributed by atoms with van der Waals surface area (Å²) in [5.74, 6) is 0.121. The maximum atomic E-state index is 12.0. The van der Waals surface area contributed by atoms with Gasteiger partial charge in [-0.05, 0) is 36.1 Å². The van der Waals surface area contributed by atoms with Gasteiger partial charge in [0.05, 0.1) is 4.88 Å². The van der Waals surface area contributed by atoms with E-state index in [1.165, 1.54) is 11.3 Å². The van der Waals surface area contributed by atoms with Crippen molar-refractivity contribution in [3.8, 4) is 15.6 Å². The number of esters is 1. The summed E-state index contributed by atoms with van der Waals surface area (Å²) in [5, 5.41) is 4.56. The third kappa shape index (κ3) is 2.79. The lowest BCUT2D eigenvalue weighted by molar-refractivity contribution is 0.0729. The molecule has 0 aliphatic carbocycles. The summed E-state index contributed by atoms with van der Waals surface area (Å²) in [4.78, 5) is 17.4. The SMILES string of the molecule is Cc1cccc(OC(=O)c2csc(-c3cccs3)n2)c1. The molecule has 3 rings (SSSR count). The molecule has 100 valence electrons. The lowest BCUT2D eigenvalue weighted by Gasteiger charge is -2.02. The van der Waals surface area contributed by atoms with E-state index in [0.717, 1.165) is 15.4 Å². The van der Waals surface area contributed by atoms with Gasteiger partial charge in [0.2, 0.25) is 0 Å². The van der Waals surface area contributed by atoms with Crippen LogP contribution in [0.15, 0.2) is 47.2 Å². The predicted octanol–water partition coefficient (Wildman–Crippen LogP) is 4.40. The fraction of sp³-hybridized carbons (Fsp3) is 0.0667. The molecule has 0 aliphatic heterocycles. The van der Waals surface area contributed by atoms with Crippen LogP contribution in [0.25, 0.3) is 9.88 Å². The van der Waals surface area contributed by atoms with Gasteiger partial charge in [0.25, 0.3) is 0 Å². The topological polar surface area (TPSA) is 39.2 Å². The summed E-state index contributed by atoms with van der Waals surface area (Å²) in [7, 11) is 0. The van der Waals surface area contributed by atoms with Gasteiger partial charge in [0.1, 0.15) is 10.8 Å². The summed E-state index contributed by atoms with van der Waals surface area (Å²) in [6.45, 7) is 1.95. The summed E-state index contributed by atoms with van der Waals surface area (Å²) in [6.07, 6.45) is 0. The Bertz CT molecular complexity index is 732. The normalized spacial score (nSPS) is 10.4. The first kappa shape index (κ1) is 13.0. The van der Waals surface area contributed by atoms with Crippen LogP contribution in [0.5, 0.6) is 5.75 Å². The Hall–Kier alpha value is -1.98. The molecule has 2 aromatic heterocycles. The van der Waals surface area contributed by atoms with E-state index < -0.39 is 5.97 Å². The van der Waals surface area contributed by atoms with E-state index in [4.69, 9.17) is 4.74 Å². The fourth-order valence-corrected chi connectivity index (χ4v) is 3.32. The summed E-state index contributed by atoms with van der Waals surface area (Å²) >= 11 is 3.05. The largest absolute Gasteiger partial charge is 0.422 e. The highest BCUT2D eigenvalue weighted by Crippen LogP contribution is 2.28. The van der Waals surface area contributed by atoms with Gasteiger partial charge >= 0.3 is 5.97 Å². The van der Waals surface area contributed by atoms with E-state index in [1.807, 2.05) is 42.6 Å². The van der Waals surface area contributed by atoms with Gasteiger partial charge in [-0.1, -0.05) is 18.2 Å². The molecule has 2 heterocycles. The van der Waals surface area contributed by atoms with E-state index in [-0.39, 0.29) is 0 Å². The monoisotopic (exact) mass is 301 g/mol. The number of hydrogen-bond donors (Lipinski definition) is 0. The van der Waals surface area contributed by atoms with Crippen molar-refractivity contribution in [2.45, 2.75) is 6.92 Å². The quantitative estimate of drug-likeness (QED) is 0.531. The Morgan fingerprint density at radius 1 is 1.20 bits per heavy atom. The zero-order chi connectivity index (χ0) is 13.9. The van der Waals surface area contributed by atoms with Crippen molar-refractivity contribution in [1.29, 1.82) is 0 Å². The Morgan fingerprint density at radius 3 is 2.85 bits per heavy atom. The van der Waals surface area contributed by atoms with E-state index in [0.29, 0.717) is 11.4 Å². The van der Waals surface area contributed by atoms with E-state index in [9.17, 15) is 4.79 Å². The van der Waals surface area contributed by atoms with Crippen LogP contribution in [0, 0.1) is 6.92 Å². The van der Waals surface area contributed by atoms with Crippen molar-refractivity contribution in [2.75, 3.05) is 0 Å². The van der Waals surface area contributed by atoms with E-state index in [2.05, 4.69) is 4.98 Å². The number of nitrogens with zero attached hydrogens (tertiary/aromatic N) is 1. The summed E-state index contributed by atoms with van der Waals surface area (Å²) in [5.41, 5.74) is 1.40. The Morgan fingerprint density at radius 2 is 2.10 bits per heavy atom. The number of hydrogen-bond acceptors (Lipinski definition) is 5. The summed E-state index contributed by atoms with van der Waals surface area (Å²) in [6, 6.07) is 11.3. The van der Waals surface area contributed by atoms with Gasteiger partial charge in [-0.3, -0.25) is 0 Å². The Labute approximate surface area is 124 Å². The lowest BCUT2D eigenvalue weighted by atomic mass is 10.2. The minimum absolute atomic E-state index is 0.347. The highest BCUT2D eigenvalue weighted by atomic mass is 32.1. The van der Waals surface area contributed by atoms with Gasteiger partial charge in [-0.25, -0.2) is 9.78 Å². The van der Waals surface area contributed by atoms with Crippen molar-refractivity contribution in [2.24, 2.45) is 0 Å². The van der Waals surface area contributed by atoms with Crippen LogP contribution < -0.4 is 4.74 Å². The second-order valence-electron chi connectivity index (χ2n) is 4.22. The second kappa shape index (κ2) is 5.56. The van der Waals surface area contributed by atoms with Gasteiger partial charge < -0.3 is 4.74 Å². The first-order valence-electron chi connectivity index (χ1n) is 6.00. The molecule has 0 amide bonds. The predicted molar refractivity (Wildman–Crippen MR) is 81.6 cm³/mol. The molecule has 0 saturated heterocycles. The molecule has 0 fully saturated rings. The van der Waals surface area contributed by atoms with E-state index >= 15 is 0 Å². The highest BCUT2D eigenvalue weighted by Gasteiger charge is 2.14. The van der Waals surface area contributed by atoms with Crippen LogP contribution in [0.1, 0.15) is 16.1 Å². The summed E-state index contributed by atoms with van der Waals surface area (Å²) < 4.78 is 5.32. The second-order valence-corrected chi connectivity index (χ2v) is 6.03. The first-order chi connectivity index (χ1) is 9.72.